The maximum absolute atomic E-state index is 9.34. The lowest BCUT2D eigenvalue weighted by Crippen LogP contribution is -3.10. The van der Waals surface area contributed by atoms with E-state index in [-0.39, 0.29) is 13.2 Å². The zero-order valence-corrected chi connectivity index (χ0v) is 8.56. The molecule has 0 aliphatic rings. The fraction of sp³-hybridized carbons (Fsp3) is 0.875. The van der Waals surface area contributed by atoms with E-state index < -0.39 is 12.1 Å². The van der Waals surface area contributed by atoms with Crippen molar-refractivity contribution >= 4 is 5.97 Å². The second kappa shape index (κ2) is 10.4. The number of aliphatic hydroxyl groups excluding tert-OH is 3. The molecule has 6 nitrogen and oxygen atoms in total. The topological polar surface area (TPSA) is 105 Å². The van der Waals surface area contributed by atoms with Gasteiger partial charge in [-0.05, 0) is 6.92 Å². The van der Waals surface area contributed by atoms with E-state index in [9.17, 15) is 9.90 Å². The summed E-state index contributed by atoms with van der Waals surface area (Å²) in [6.07, 6.45) is -1.34. The van der Waals surface area contributed by atoms with Crippen molar-refractivity contribution in [3.63, 3.8) is 0 Å². The van der Waals surface area contributed by atoms with Crippen LogP contribution in [0.2, 0.25) is 0 Å². The summed E-state index contributed by atoms with van der Waals surface area (Å²) in [5.74, 6) is -1.44. The summed E-state index contributed by atoms with van der Waals surface area (Å²) in [4.78, 5) is 10.5. The molecule has 1 unspecified atom stereocenters. The Labute approximate surface area is 83.4 Å². The van der Waals surface area contributed by atoms with Crippen molar-refractivity contribution in [2.24, 2.45) is 0 Å². The number of hydrogen-bond donors (Lipinski definition) is 4. The normalized spacial score (nSPS) is 11.9. The minimum absolute atomic E-state index is 0.200. The first-order chi connectivity index (χ1) is 6.45. The minimum Gasteiger partial charge on any atom is -0.547 e. The average molecular weight is 209 g/mol. The number of aliphatic carboxylic acids is 1. The van der Waals surface area contributed by atoms with Gasteiger partial charge in [-0.2, -0.15) is 0 Å². The molecule has 0 spiro atoms. The van der Waals surface area contributed by atoms with E-state index in [1.54, 1.807) is 0 Å². The maximum Gasteiger partial charge on any atom is 0.100 e. The third-order valence-electron chi connectivity index (χ3n) is 1.42. The predicted octanol–water partition coefficient (Wildman–Crippen LogP) is -4.40. The molecule has 4 N–H and O–H groups in total. The number of carboxylic acid groups (broad SMARTS) is 1. The van der Waals surface area contributed by atoms with Gasteiger partial charge in [0.1, 0.15) is 13.1 Å². The Morgan fingerprint density at radius 2 is 1.64 bits per heavy atom. The van der Waals surface area contributed by atoms with Gasteiger partial charge in [0.05, 0.1) is 32.3 Å². The standard InChI is InChI=1S/C5H13NO2.C3H6O3/c1-6(2-4-7)3-5-8;1-2(4)3(5)6/h7-8H,2-5H2,1H3;2,4H,1H3,(H,5,6). The first-order valence-electron chi connectivity index (χ1n) is 4.37. The van der Waals surface area contributed by atoms with Gasteiger partial charge in [0.25, 0.3) is 0 Å². The van der Waals surface area contributed by atoms with Crippen molar-refractivity contribution in [1.29, 1.82) is 0 Å². The molecule has 0 rings (SSSR count). The van der Waals surface area contributed by atoms with Crippen molar-refractivity contribution in [1.82, 2.24) is 0 Å². The van der Waals surface area contributed by atoms with Gasteiger partial charge in [-0.15, -0.1) is 0 Å². The van der Waals surface area contributed by atoms with E-state index in [4.69, 9.17) is 15.3 Å². The average Bonchev–Trinajstić information content (AvgIpc) is 2.06. The van der Waals surface area contributed by atoms with Crippen LogP contribution in [-0.2, 0) is 4.79 Å². The summed E-state index contributed by atoms with van der Waals surface area (Å²) in [6.45, 7) is 2.98. The van der Waals surface area contributed by atoms with E-state index in [1.165, 1.54) is 0 Å². The molecular formula is C8H19NO5. The molecule has 0 fully saturated rings. The summed E-state index contributed by atoms with van der Waals surface area (Å²) < 4.78 is 0. The van der Waals surface area contributed by atoms with Gasteiger partial charge in [0, 0.05) is 0 Å². The smallest absolute Gasteiger partial charge is 0.100 e. The van der Waals surface area contributed by atoms with Gasteiger partial charge >= 0.3 is 0 Å². The van der Waals surface area contributed by atoms with Crippen LogP contribution < -0.4 is 10.0 Å². The molecule has 0 amide bonds. The van der Waals surface area contributed by atoms with E-state index >= 15 is 0 Å². The van der Waals surface area contributed by atoms with Gasteiger partial charge in [0.2, 0.25) is 0 Å². The number of carboxylic acids is 1. The van der Waals surface area contributed by atoms with E-state index in [0.717, 1.165) is 24.9 Å². The number of aliphatic hydroxyl groups is 3. The Bertz CT molecular complexity index is 134. The molecule has 86 valence electrons. The van der Waals surface area contributed by atoms with Crippen LogP contribution in [0.3, 0.4) is 0 Å². The first-order valence-corrected chi connectivity index (χ1v) is 4.37. The lowest BCUT2D eigenvalue weighted by Gasteiger charge is -2.08. The second-order valence-corrected chi connectivity index (χ2v) is 2.90. The molecule has 0 aromatic rings. The number of likely N-dealkylation sites (N-methyl/N-ethyl adjacent to an activating group) is 1. The Morgan fingerprint density at radius 3 is 1.79 bits per heavy atom. The molecule has 0 aliphatic heterocycles. The summed E-state index contributed by atoms with van der Waals surface area (Å²) >= 11 is 0. The van der Waals surface area contributed by atoms with Gasteiger partial charge in [-0.25, -0.2) is 0 Å². The Hall–Kier alpha value is -0.690. The zero-order chi connectivity index (χ0) is 11.6. The summed E-state index contributed by atoms with van der Waals surface area (Å²) in [5, 5.41) is 34.0. The molecule has 0 heterocycles. The highest BCUT2D eigenvalue weighted by molar-refractivity contribution is 5.68. The monoisotopic (exact) mass is 209 g/mol. The van der Waals surface area contributed by atoms with Gasteiger partial charge in [0.15, 0.2) is 0 Å². The SMILES string of the molecule is CC(O)C(=O)[O-].C[NH+](CCO)CCO. The third kappa shape index (κ3) is 13.9. The zero-order valence-electron chi connectivity index (χ0n) is 8.56. The molecule has 0 saturated carbocycles. The fourth-order valence-electron chi connectivity index (χ4n) is 0.507. The Balaban J connectivity index is 0. The van der Waals surface area contributed by atoms with Crippen LogP contribution >= 0.6 is 0 Å². The van der Waals surface area contributed by atoms with Crippen LogP contribution in [-0.4, -0.2) is 60.7 Å². The van der Waals surface area contributed by atoms with E-state index in [0.29, 0.717) is 0 Å². The molecule has 6 heteroatoms. The van der Waals surface area contributed by atoms with E-state index in [1.807, 2.05) is 7.05 Å². The number of carbonyl (C=O) groups is 1. The number of nitrogens with one attached hydrogen (secondary N) is 1. The minimum atomic E-state index is -1.44. The van der Waals surface area contributed by atoms with Crippen LogP contribution in [0.25, 0.3) is 0 Å². The van der Waals surface area contributed by atoms with Crippen LogP contribution in [0.15, 0.2) is 0 Å². The quantitative estimate of drug-likeness (QED) is 0.366. The van der Waals surface area contributed by atoms with Crippen LogP contribution in [0.4, 0.5) is 0 Å². The van der Waals surface area contributed by atoms with E-state index in [2.05, 4.69) is 0 Å². The maximum atomic E-state index is 9.34. The van der Waals surface area contributed by atoms with Crippen molar-refractivity contribution < 1.29 is 30.1 Å². The Kier molecular flexibility index (Phi) is 11.7. The molecule has 0 bridgehead atoms. The van der Waals surface area contributed by atoms with Crippen LogP contribution in [0.1, 0.15) is 6.92 Å². The molecule has 0 saturated heterocycles. The predicted molar refractivity (Wildman–Crippen MR) is 47.5 cm³/mol. The Morgan fingerprint density at radius 1 is 1.36 bits per heavy atom. The summed E-state index contributed by atoms with van der Waals surface area (Å²) in [7, 11) is 1.94. The van der Waals surface area contributed by atoms with Gasteiger partial charge in [-0.1, -0.05) is 0 Å². The highest BCUT2D eigenvalue weighted by Gasteiger charge is 1.95. The molecular weight excluding hydrogens is 190 g/mol. The highest BCUT2D eigenvalue weighted by Crippen LogP contribution is 1.69. The van der Waals surface area contributed by atoms with Crippen molar-refractivity contribution in [2.45, 2.75) is 13.0 Å². The second-order valence-electron chi connectivity index (χ2n) is 2.90. The largest absolute Gasteiger partial charge is 0.547 e. The molecule has 0 aliphatic carbocycles. The van der Waals surface area contributed by atoms with Crippen LogP contribution in [0.5, 0.6) is 0 Å². The van der Waals surface area contributed by atoms with Crippen molar-refractivity contribution in [3.05, 3.63) is 0 Å². The number of rotatable bonds is 5. The van der Waals surface area contributed by atoms with Gasteiger partial charge in [-0.3, -0.25) is 0 Å². The van der Waals surface area contributed by atoms with Crippen molar-refractivity contribution in [3.8, 4) is 0 Å². The molecule has 0 radical (unpaired) electrons. The van der Waals surface area contributed by atoms with Gasteiger partial charge < -0.3 is 30.1 Å². The fourth-order valence-corrected chi connectivity index (χ4v) is 0.507. The van der Waals surface area contributed by atoms with Crippen LogP contribution in [0, 0.1) is 0 Å². The molecule has 1 atom stereocenters. The molecule has 0 aromatic carbocycles. The lowest BCUT2D eigenvalue weighted by molar-refractivity contribution is -0.880. The number of quaternary nitrogens is 1. The third-order valence-corrected chi connectivity index (χ3v) is 1.42. The molecule has 14 heavy (non-hydrogen) atoms. The number of carbonyl (C=O) groups excluding carboxylic acids is 1. The summed E-state index contributed by atoms with van der Waals surface area (Å²) in [5.41, 5.74) is 0. The lowest BCUT2D eigenvalue weighted by atomic mass is 10.4. The van der Waals surface area contributed by atoms with Crippen molar-refractivity contribution in [2.75, 3.05) is 33.4 Å². The highest BCUT2D eigenvalue weighted by atomic mass is 16.4. The summed E-state index contributed by atoms with van der Waals surface area (Å²) in [6, 6.07) is 0. The molecule has 0 aromatic heterocycles. The number of hydrogen-bond acceptors (Lipinski definition) is 5. The first kappa shape index (κ1) is 15.8.